The van der Waals surface area contributed by atoms with Crippen molar-refractivity contribution in [3.8, 4) is 0 Å². The molecule has 22 heavy (non-hydrogen) atoms. The van der Waals surface area contributed by atoms with Crippen LogP contribution < -0.4 is 10.6 Å². The summed E-state index contributed by atoms with van der Waals surface area (Å²) in [5, 5.41) is 7.75. The minimum Gasteiger partial charge on any atom is -0.337 e. The first kappa shape index (κ1) is 15.4. The van der Waals surface area contributed by atoms with Crippen LogP contribution in [0.3, 0.4) is 0 Å². The molecule has 2 aromatic heterocycles. The molecule has 0 spiro atoms. The molecule has 118 valence electrons. The maximum Gasteiger partial charge on any atom is 0.319 e. The summed E-state index contributed by atoms with van der Waals surface area (Å²) < 4.78 is 0. The topological polar surface area (TPSA) is 66.9 Å². The van der Waals surface area contributed by atoms with Gasteiger partial charge in [-0.15, -0.1) is 22.7 Å². The predicted molar refractivity (Wildman–Crippen MR) is 91.1 cm³/mol. The van der Waals surface area contributed by atoms with E-state index >= 15 is 0 Å². The second kappa shape index (κ2) is 6.75. The summed E-state index contributed by atoms with van der Waals surface area (Å²) >= 11 is 3.25. The summed E-state index contributed by atoms with van der Waals surface area (Å²) in [6.45, 7) is 4.74. The third-order valence-electron chi connectivity index (χ3n) is 3.63. The van der Waals surface area contributed by atoms with E-state index in [9.17, 15) is 4.79 Å². The highest BCUT2D eigenvalue weighted by molar-refractivity contribution is 7.14. The molecular formula is C15H20N4OS2. The van der Waals surface area contributed by atoms with Crippen molar-refractivity contribution in [2.45, 2.75) is 45.4 Å². The van der Waals surface area contributed by atoms with Gasteiger partial charge >= 0.3 is 6.03 Å². The van der Waals surface area contributed by atoms with E-state index in [-0.39, 0.29) is 6.03 Å². The highest BCUT2D eigenvalue weighted by Crippen LogP contribution is 2.28. The van der Waals surface area contributed by atoms with Crippen molar-refractivity contribution in [2.75, 3.05) is 11.9 Å². The molecule has 2 aromatic rings. The molecule has 3 rings (SSSR count). The Balaban J connectivity index is 1.47. The molecule has 0 aliphatic heterocycles. The SMILES string of the molecule is CC(C)c1ncsc1NC(=O)NCCc1nc2c(s1)CCC2. The van der Waals surface area contributed by atoms with Gasteiger partial charge in [0.15, 0.2) is 0 Å². The Labute approximate surface area is 138 Å². The lowest BCUT2D eigenvalue weighted by Crippen LogP contribution is -2.30. The molecule has 0 atom stereocenters. The fourth-order valence-electron chi connectivity index (χ4n) is 2.54. The summed E-state index contributed by atoms with van der Waals surface area (Å²) in [6.07, 6.45) is 4.32. The van der Waals surface area contributed by atoms with Gasteiger partial charge < -0.3 is 5.32 Å². The first-order valence-electron chi connectivity index (χ1n) is 7.59. The van der Waals surface area contributed by atoms with Crippen LogP contribution in [0, 0.1) is 0 Å². The molecule has 2 amide bonds. The standard InChI is InChI=1S/C15H20N4OS2/c1-9(2)13-14(21-8-17-13)19-15(20)16-7-6-12-18-10-4-3-5-11(10)22-12/h8-9H,3-7H2,1-2H3,(H2,16,19,20). The van der Waals surface area contributed by atoms with Crippen LogP contribution in [-0.4, -0.2) is 22.5 Å². The molecule has 0 unspecified atom stereocenters. The predicted octanol–water partition coefficient (Wildman–Crippen LogP) is 3.58. The molecule has 0 radical (unpaired) electrons. The van der Waals surface area contributed by atoms with Crippen LogP contribution in [0.5, 0.6) is 0 Å². The number of thiazole rings is 2. The molecule has 1 aliphatic carbocycles. The fourth-order valence-corrected chi connectivity index (χ4v) is 4.53. The van der Waals surface area contributed by atoms with Gasteiger partial charge in [0.05, 0.1) is 21.9 Å². The average Bonchev–Trinajstić information content (AvgIpc) is 3.13. The zero-order valence-corrected chi connectivity index (χ0v) is 14.4. The highest BCUT2D eigenvalue weighted by Gasteiger charge is 2.16. The monoisotopic (exact) mass is 336 g/mol. The molecule has 0 aromatic carbocycles. The summed E-state index contributed by atoms with van der Waals surface area (Å²) in [5.74, 6) is 0.305. The minimum atomic E-state index is -0.171. The number of amides is 2. The zero-order valence-electron chi connectivity index (χ0n) is 12.8. The van der Waals surface area contributed by atoms with Gasteiger partial charge in [0.1, 0.15) is 5.00 Å². The van der Waals surface area contributed by atoms with Crippen LogP contribution in [-0.2, 0) is 19.3 Å². The summed E-state index contributed by atoms with van der Waals surface area (Å²) in [5.41, 5.74) is 3.98. The number of aryl methyl sites for hydroxylation is 2. The molecule has 2 N–H and O–H groups in total. The van der Waals surface area contributed by atoms with Gasteiger partial charge in [0, 0.05) is 17.8 Å². The molecular weight excluding hydrogens is 316 g/mol. The van der Waals surface area contributed by atoms with E-state index in [4.69, 9.17) is 0 Å². The summed E-state index contributed by atoms with van der Waals surface area (Å²) in [7, 11) is 0. The van der Waals surface area contributed by atoms with Crippen molar-refractivity contribution in [3.05, 3.63) is 26.8 Å². The van der Waals surface area contributed by atoms with Gasteiger partial charge in [0.2, 0.25) is 0 Å². The van der Waals surface area contributed by atoms with Crippen LogP contribution in [0.15, 0.2) is 5.51 Å². The van der Waals surface area contributed by atoms with E-state index in [1.807, 2.05) is 0 Å². The minimum absolute atomic E-state index is 0.171. The number of urea groups is 1. The molecule has 7 heteroatoms. The van der Waals surface area contributed by atoms with Gasteiger partial charge in [-0.05, 0) is 25.2 Å². The van der Waals surface area contributed by atoms with Crippen LogP contribution in [0.4, 0.5) is 9.80 Å². The number of hydrogen-bond acceptors (Lipinski definition) is 5. The normalized spacial score (nSPS) is 13.4. The maximum atomic E-state index is 12.0. The summed E-state index contributed by atoms with van der Waals surface area (Å²) in [4.78, 5) is 22.3. The van der Waals surface area contributed by atoms with Gasteiger partial charge in [-0.1, -0.05) is 13.8 Å². The number of nitrogens with one attached hydrogen (secondary N) is 2. The number of carbonyl (C=O) groups excluding carboxylic acids is 1. The lowest BCUT2D eigenvalue weighted by Gasteiger charge is -2.08. The van der Waals surface area contributed by atoms with E-state index in [2.05, 4.69) is 34.4 Å². The van der Waals surface area contributed by atoms with Crippen molar-refractivity contribution in [3.63, 3.8) is 0 Å². The Kier molecular flexibility index (Phi) is 4.73. The van der Waals surface area contributed by atoms with Crippen molar-refractivity contribution in [1.82, 2.24) is 15.3 Å². The molecule has 0 saturated carbocycles. The van der Waals surface area contributed by atoms with Gasteiger partial charge in [-0.25, -0.2) is 14.8 Å². The lowest BCUT2D eigenvalue weighted by molar-refractivity contribution is 0.252. The van der Waals surface area contributed by atoms with Crippen molar-refractivity contribution < 1.29 is 4.79 Å². The van der Waals surface area contributed by atoms with E-state index in [1.165, 1.54) is 34.7 Å². The summed E-state index contributed by atoms with van der Waals surface area (Å²) in [6, 6.07) is -0.171. The number of carbonyl (C=O) groups is 1. The number of rotatable bonds is 5. The number of fused-ring (bicyclic) bond motifs is 1. The molecule has 2 heterocycles. The first-order valence-corrected chi connectivity index (χ1v) is 9.28. The van der Waals surface area contributed by atoms with Crippen molar-refractivity contribution >= 4 is 33.7 Å². The average molecular weight is 336 g/mol. The van der Waals surface area contributed by atoms with Crippen molar-refractivity contribution in [2.24, 2.45) is 0 Å². The van der Waals surface area contributed by atoms with Crippen LogP contribution in [0.2, 0.25) is 0 Å². The van der Waals surface area contributed by atoms with Crippen LogP contribution >= 0.6 is 22.7 Å². The molecule has 0 saturated heterocycles. The van der Waals surface area contributed by atoms with E-state index in [0.29, 0.717) is 12.5 Å². The number of nitrogens with zero attached hydrogens (tertiary/aromatic N) is 2. The van der Waals surface area contributed by atoms with E-state index in [1.54, 1.807) is 16.8 Å². The second-order valence-electron chi connectivity index (χ2n) is 5.68. The Morgan fingerprint density at radius 2 is 2.27 bits per heavy atom. The maximum absolute atomic E-state index is 12.0. The van der Waals surface area contributed by atoms with Crippen molar-refractivity contribution in [1.29, 1.82) is 0 Å². The third kappa shape index (κ3) is 3.47. The Hall–Kier alpha value is -1.47. The molecule has 0 fully saturated rings. The fraction of sp³-hybridized carbons (Fsp3) is 0.533. The number of hydrogen-bond donors (Lipinski definition) is 2. The van der Waals surface area contributed by atoms with Gasteiger partial charge in [-0.3, -0.25) is 5.32 Å². The number of anilines is 1. The van der Waals surface area contributed by atoms with Gasteiger partial charge in [0.25, 0.3) is 0 Å². The number of aromatic nitrogens is 2. The highest BCUT2D eigenvalue weighted by atomic mass is 32.1. The zero-order chi connectivity index (χ0) is 15.5. The first-order chi connectivity index (χ1) is 10.6. The molecule has 5 nitrogen and oxygen atoms in total. The van der Waals surface area contributed by atoms with Crippen LogP contribution in [0.25, 0.3) is 0 Å². The quantitative estimate of drug-likeness (QED) is 0.877. The molecule has 0 bridgehead atoms. The smallest absolute Gasteiger partial charge is 0.319 e. The third-order valence-corrected chi connectivity index (χ3v) is 5.61. The Morgan fingerprint density at radius 1 is 1.41 bits per heavy atom. The second-order valence-corrected chi connectivity index (χ2v) is 7.71. The Bertz CT molecular complexity index is 641. The largest absolute Gasteiger partial charge is 0.337 e. The van der Waals surface area contributed by atoms with E-state index < -0.39 is 0 Å². The van der Waals surface area contributed by atoms with Crippen LogP contribution in [0.1, 0.15) is 47.5 Å². The van der Waals surface area contributed by atoms with E-state index in [0.717, 1.165) is 28.5 Å². The Morgan fingerprint density at radius 3 is 3.05 bits per heavy atom. The van der Waals surface area contributed by atoms with Gasteiger partial charge in [-0.2, -0.15) is 0 Å². The lowest BCUT2D eigenvalue weighted by atomic mass is 10.1. The molecule has 1 aliphatic rings.